The van der Waals surface area contributed by atoms with E-state index in [1.54, 1.807) is 0 Å². The van der Waals surface area contributed by atoms with Crippen LogP contribution in [0.5, 0.6) is 0 Å². The maximum absolute atomic E-state index is 11.3. The highest BCUT2D eigenvalue weighted by Crippen LogP contribution is 2.35. The Morgan fingerprint density at radius 3 is 2.67 bits per heavy atom. The number of carbonyl (C=O) groups is 1. The highest BCUT2D eigenvalue weighted by Gasteiger charge is 2.32. The lowest BCUT2D eigenvalue weighted by Gasteiger charge is -2.36. The van der Waals surface area contributed by atoms with Crippen LogP contribution >= 0.6 is 22.6 Å². The van der Waals surface area contributed by atoms with E-state index in [0.29, 0.717) is 22.2 Å². The number of ether oxygens (including phenoxy) is 1. The second-order valence-corrected chi connectivity index (χ2v) is 5.75. The van der Waals surface area contributed by atoms with Crippen LogP contribution in [0.4, 0.5) is 0 Å². The summed E-state index contributed by atoms with van der Waals surface area (Å²) < 4.78 is 6.00. The molecule has 0 saturated heterocycles. The Kier molecular flexibility index (Phi) is 5.36. The molecule has 0 aromatic heterocycles. The van der Waals surface area contributed by atoms with Crippen molar-refractivity contribution in [3.8, 4) is 0 Å². The van der Waals surface area contributed by atoms with E-state index in [-0.39, 0.29) is 12.1 Å². The van der Waals surface area contributed by atoms with Crippen LogP contribution in [0.15, 0.2) is 0 Å². The van der Waals surface area contributed by atoms with Gasteiger partial charge >= 0.3 is 5.97 Å². The van der Waals surface area contributed by atoms with Crippen molar-refractivity contribution in [1.29, 1.82) is 0 Å². The Morgan fingerprint density at radius 2 is 2.13 bits per heavy atom. The quantitative estimate of drug-likeness (QED) is 0.452. The molecule has 1 saturated carbocycles. The predicted octanol–water partition coefficient (Wildman–Crippen LogP) is 3.43. The van der Waals surface area contributed by atoms with Crippen LogP contribution in [0.25, 0.3) is 0 Å². The zero-order valence-corrected chi connectivity index (χ0v) is 12.0. The molecule has 0 radical (unpaired) electrons. The van der Waals surface area contributed by atoms with Crippen molar-refractivity contribution in [3.05, 3.63) is 0 Å². The summed E-state index contributed by atoms with van der Waals surface area (Å²) in [6, 6.07) is 0. The van der Waals surface area contributed by atoms with Crippen LogP contribution in [-0.2, 0) is 9.53 Å². The van der Waals surface area contributed by atoms with E-state index in [0.717, 1.165) is 6.42 Å². The highest BCUT2D eigenvalue weighted by atomic mass is 127. The third kappa shape index (κ3) is 3.93. The normalized spacial score (nSPS) is 31.7. The van der Waals surface area contributed by atoms with Crippen LogP contribution in [0.3, 0.4) is 0 Å². The van der Waals surface area contributed by atoms with Gasteiger partial charge in [-0.1, -0.05) is 49.8 Å². The maximum Gasteiger partial charge on any atom is 0.316 e. The predicted molar refractivity (Wildman–Crippen MR) is 70.1 cm³/mol. The molecular formula is C12H21IO2. The van der Waals surface area contributed by atoms with Crippen LogP contribution in [-0.4, -0.2) is 16.5 Å². The molecule has 3 atom stereocenters. The number of rotatable bonds is 3. The van der Waals surface area contributed by atoms with Gasteiger partial charge in [-0.3, -0.25) is 4.79 Å². The van der Waals surface area contributed by atoms with Gasteiger partial charge < -0.3 is 4.74 Å². The average Bonchev–Trinajstić information content (AvgIpc) is 2.17. The molecule has 3 heteroatoms. The van der Waals surface area contributed by atoms with Gasteiger partial charge in [-0.2, -0.15) is 0 Å². The lowest BCUT2D eigenvalue weighted by atomic mass is 9.75. The Morgan fingerprint density at radius 1 is 1.47 bits per heavy atom. The van der Waals surface area contributed by atoms with E-state index in [2.05, 4.69) is 43.4 Å². The first-order valence-electron chi connectivity index (χ1n) is 5.80. The van der Waals surface area contributed by atoms with E-state index in [1.165, 1.54) is 12.8 Å². The van der Waals surface area contributed by atoms with Crippen molar-refractivity contribution >= 4 is 28.6 Å². The summed E-state index contributed by atoms with van der Waals surface area (Å²) in [6.45, 7) is 6.71. The van der Waals surface area contributed by atoms with Crippen LogP contribution in [0.2, 0.25) is 0 Å². The standard InChI is InChI=1S/C12H21IO2/c1-8(2)10-5-4-9(3)6-11(10)15-12(14)7-13/h8-11H,4-7H2,1-3H3/t9-,10+,11+/m1/s1. The van der Waals surface area contributed by atoms with Crippen molar-refractivity contribution in [2.45, 2.75) is 46.1 Å². The van der Waals surface area contributed by atoms with Crippen LogP contribution < -0.4 is 0 Å². The van der Waals surface area contributed by atoms with Gasteiger partial charge in [0.05, 0.1) is 4.43 Å². The smallest absolute Gasteiger partial charge is 0.316 e. The molecule has 1 aliphatic rings. The lowest BCUT2D eigenvalue weighted by molar-refractivity contribution is -0.152. The largest absolute Gasteiger partial charge is 0.461 e. The van der Waals surface area contributed by atoms with Gasteiger partial charge in [0.15, 0.2) is 0 Å². The van der Waals surface area contributed by atoms with Gasteiger partial charge in [-0.25, -0.2) is 0 Å². The summed E-state index contributed by atoms with van der Waals surface area (Å²) in [4.78, 5) is 11.3. The third-order valence-electron chi connectivity index (χ3n) is 3.35. The maximum atomic E-state index is 11.3. The Bertz CT molecular complexity index is 216. The summed E-state index contributed by atoms with van der Waals surface area (Å²) in [5, 5.41) is 0. The van der Waals surface area contributed by atoms with Gasteiger partial charge in [-0.05, 0) is 30.6 Å². The molecule has 0 aliphatic heterocycles. The molecule has 0 aromatic carbocycles. The fraction of sp³-hybridized carbons (Fsp3) is 0.917. The fourth-order valence-corrected chi connectivity index (χ4v) is 2.63. The summed E-state index contributed by atoms with van der Waals surface area (Å²) in [5.74, 6) is 1.82. The minimum Gasteiger partial charge on any atom is -0.461 e. The van der Waals surface area contributed by atoms with Crippen molar-refractivity contribution in [2.75, 3.05) is 4.43 Å². The third-order valence-corrected chi connectivity index (χ3v) is 3.98. The number of hydrogen-bond acceptors (Lipinski definition) is 2. The number of carbonyl (C=O) groups excluding carboxylic acids is 1. The highest BCUT2D eigenvalue weighted by molar-refractivity contribution is 14.1. The van der Waals surface area contributed by atoms with E-state index < -0.39 is 0 Å². The van der Waals surface area contributed by atoms with E-state index in [1.807, 2.05) is 0 Å². The number of esters is 1. The average molecular weight is 324 g/mol. The molecule has 15 heavy (non-hydrogen) atoms. The summed E-state index contributed by atoms with van der Waals surface area (Å²) >= 11 is 2.06. The first-order chi connectivity index (χ1) is 7.04. The Hall–Kier alpha value is 0.200. The number of hydrogen-bond donors (Lipinski definition) is 0. The molecule has 0 aromatic rings. The molecular weight excluding hydrogens is 303 g/mol. The minimum absolute atomic E-state index is 0.0552. The van der Waals surface area contributed by atoms with Crippen molar-refractivity contribution < 1.29 is 9.53 Å². The molecule has 0 spiro atoms. The molecule has 1 aliphatic carbocycles. The first-order valence-corrected chi connectivity index (χ1v) is 7.32. The van der Waals surface area contributed by atoms with Crippen molar-refractivity contribution in [1.82, 2.24) is 0 Å². The molecule has 0 heterocycles. The summed E-state index contributed by atoms with van der Waals surface area (Å²) in [5.41, 5.74) is 0. The molecule has 1 rings (SSSR count). The Balaban J connectivity index is 2.57. The molecule has 2 nitrogen and oxygen atoms in total. The van der Waals surface area contributed by atoms with Gasteiger partial charge in [0.25, 0.3) is 0 Å². The topological polar surface area (TPSA) is 26.3 Å². The summed E-state index contributed by atoms with van der Waals surface area (Å²) in [7, 11) is 0. The number of alkyl halides is 1. The second kappa shape index (κ2) is 6.06. The van der Waals surface area contributed by atoms with E-state index in [4.69, 9.17) is 4.74 Å². The zero-order valence-electron chi connectivity index (χ0n) is 9.83. The minimum atomic E-state index is -0.0552. The van der Waals surface area contributed by atoms with Crippen LogP contribution in [0, 0.1) is 17.8 Å². The molecule has 88 valence electrons. The zero-order chi connectivity index (χ0) is 11.4. The van der Waals surface area contributed by atoms with Crippen LogP contribution in [0.1, 0.15) is 40.0 Å². The molecule has 0 unspecified atom stereocenters. The molecule has 1 fully saturated rings. The van der Waals surface area contributed by atoms with E-state index in [9.17, 15) is 4.79 Å². The van der Waals surface area contributed by atoms with Gasteiger partial charge in [0.1, 0.15) is 6.10 Å². The van der Waals surface area contributed by atoms with Gasteiger partial charge in [-0.15, -0.1) is 0 Å². The number of halogens is 1. The van der Waals surface area contributed by atoms with Crippen molar-refractivity contribution in [2.24, 2.45) is 17.8 Å². The lowest BCUT2D eigenvalue weighted by Crippen LogP contribution is -2.36. The van der Waals surface area contributed by atoms with Crippen molar-refractivity contribution in [3.63, 3.8) is 0 Å². The Labute approximate surface area is 106 Å². The van der Waals surface area contributed by atoms with E-state index >= 15 is 0 Å². The summed E-state index contributed by atoms with van der Waals surface area (Å²) in [6.07, 6.45) is 3.70. The molecule has 0 N–H and O–H groups in total. The molecule has 0 bridgehead atoms. The fourth-order valence-electron chi connectivity index (χ4n) is 2.45. The van der Waals surface area contributed by atoms with Gasteiger partial charge in [0, 0.05) is 0 Å². The SMILES string of the molecule is CC(C)[C@@H]1CC[C@@H](C)C[C@@H]1OC(=O)CI. The first kappa shape index (κ1) is 13.3. The molecule has 0 amide bonds. The second-order valence-electron chi connectivity index (χ2n) is 4.99. The van der Waals surface area contributed by atoms with Gasteiger partial charge in [0.2, 0.25) is 0 Å². The monoisotopic (exact) mass is 324 g/mol.